The Bertz CT molecular complexity index is 875. The first kappa shape index (κ1) is 18.9. The fraction of sp³-hybridized carbons (Fsp3) is 0.300. The van der Waals surface area contributed by atoms with Crippen molar-refractivity contribution in [2.24, 2.45) is 0 Å². The van der Waals surface area contributed by atoms with Crippen molar-refractivity contribution in [1.82, 2.24) is 0 Å². The van der Waals surface area contributed by atoms with Gasteiger partial charge < -0.3 is 9.64 Å². The number of anilines is 1. The zero-order valence-electron chi connectivity index (χ0n) is 14.5. The molecule has 1 aliphatic rings. The van der Waals surface area contributed by atoms with Gasteiger partial charge in [0, 0.05) is 12.1 Å². The lowest BCUT2D eigenvalue weighted by molar-refractivity contribution is -0.137. The van der Waals surface area contributed by atoms with Gasteiger partial charge in [-0.3, -0.25) is 4.79 Å². The molecule has 3 rings (SSSR count). The van der Waals surface area contributed by atoms with Crippen molar-refractivity contribution in [3.05, 3.63) is 65.2 Å². The molecule has 1 heterocycles. The third-order valence-electron chi connectivity index (χ3n) is 4.50. The molecule has 2 aromatic carbocycles. The highest BCUT2D eigenvalue weighted by molar-refractivity contribution is 5.86. The molecule has 1 aliphatic heterocycles. The Morgan fingerprint density at radius 3 is 2.59 bits per heavy atom. The smallest absolute Gasteiger partial charge is 0.346 e. The summed E-state index contributed by atoms with van der Waals surface area (Å²) in [7, 11) is 0. The Hall–Kier alpha value is -2.85. The van der Waals surface area contributed by atoms with E-state index in [2.05, 4.69) is 0 Å². The molecule has 7 heteroatoms. The maximum absolute atomic E-state index is 13.2. The van der Waals surface area contributed by atoms with E-state index < -0.39 is 29.6 Å². The van der Waals surface area contributed by atoms with Crippen molar-refractivity contribution in [3.63, 3.8) is 0 Å². The summed E-state index contributed by atoms with van der Waals surface area (Å²) < 4.78 is 45.2. The van der Waals surface area contributed by atoms with Crippen LogP contribution in [0.4, 0.5) is 18.9 Å². The Morgan fingerprint density at radius 1 is 1.26 bits per heavy atom. The topological polar surface area (TPSA) is 53.3 Å². The van der Waals surface area contributed by atoms with Crippen LogP contribution >= 0.6 is 0 Å². The summed E-state index contributed by atoms with van der Waals surface area (Å²) >= 11 is 0. The van der Waals surface area contributed by atoms with E-state index in [0.717, 1.165) is 17.7 Å². The number of benzene rings is 2. The first-order chi connectivity index (χ1) is 12.8. The summed E-state index contributed by atoms with van der Waals surface area (Å²) in [6.07, 6.45) is -5.70. The van der Waals surface area contributed by atoms with Crippen molar-refractivity contribution < 1.29 is 22.7 Å². The summed E-state index contributed by atoms with van der Waals surface area (Å²) in [5, 5.41) is 8.91. The summed E-state index contributed by atoms with van der Waals surface area (Å²) in [5.41, 5.74) is -0.303. The Morgan fingerprint density at radius 2 is 1.96 bits per heavy atom. The number of ether oxygens (including phenoxy) is 1. The molecule has 0 aromatic heterocycles. The molecule has 0 N–H and O–H groups in total. The minimum absolute atomic E-state index is 0.125. The highest BCUT2D eigenvalue weighted by Crippen LogP contribution is 2.36. The highest BCUT2D eigenvalue weighted by atomic mass is 19.4. The van der Waals surface area contributed by atoms with E-state index in [1.165, 1.54) is 6.07 Å². The molecule has 27 heavy (non-hydrogen) atoms. The van der Waals surface area contributed by atoms with Gasteiger partial charge in [-0.1, -0.05) is 30.3 Å². The summed E-state index contributed by atoms with van der Waals surface area (Å²) in [4.78, 5) is 14.1. The number of carbonyl (C=O) groups is 1. The van der Waals surface area contributed by atoms with E-state index in [1.807, 2.05) is 30.3 Å². The molecule has 0 aliphatic carbocycles. The number of hydrogen-bond acceptors (Lipinski definition) is 4. The van der Waals surface area contributed by atoms with Gasteiger partial charge in [0.05, 0.1) is 23.7 Å². The molecule has 2 atom stereocenters. The number of nitrogens with zero attached hydrogens (tertiary/aromatic N) is 2. The van der Waals surface area contributed by atoms with Gasteiger partial charge in [-0.25, -0.2) is 0 Å². The van der Waals surface area contributed by atoms with E-state index in [9.17, 15) is 18.0 Å². The molecule has 1 saturated heterocycles. The Balaban J connectivity index is 1.79. The van der Waals surface area contributed by atoms with Crippen molar-refractivity contribution in [3.8, 4) is 6.07 Å². The lowest BCUT2D eigenvalue weighted by Crippen LogP contribution is -2.30. The van der Waals surface area contributed by atoms with Crippen molar-refractivity contribution >= 4 is 11.5 Å². The second-order valence-electron chi connectivity index (χ2n) is 6.34. The highest BCUT2D eigenvalue weighted by Gasteiger charge is 2.37. The number of Topliss-reactive ketones (excluding diaryl/α,β-unsaturated/α-hetero) is 1. The summed E-state index contributed by atoms with van der Waals surface area (Å²) in [6.45, 7) is 1.84. The quantitative estimate of drug-likeness (QED) is 0.814. The van der Waals surface area contributed by atoms with Gasteiger partial charge in [0.2, 0.25) is 0 Å². The molecular formula is C20H17F3N2O2. The normalized spacial score (nSPS) is 19.7. The largest absolute Gasteiger partial charge is 0.417 e. The molecular weight excluding hydrogens is 357 g/mol. The van der Waals surface area contributed by atoms with Gasteiger partial charge in [-0.2, -0.15) is 18.4 Å². The van der Waals surface area contributed by atoms with E-state index >= 15 is 0 Å². The molecule has 0 radical (unpaired) electrons. The van der Waals surface area contributed by atoms with Crippen LogP contribution in [0.2, 0.25) is 0 Å². The van der Waals surface area contributed by atoms with Gasteiger partial charge in [-0.05, 0) is 30.7 Å². The minimum Gasteiger partial charge on any atom is -0.346 e. The van der Waals surface area contributed by atoms with E-state index in [1.54, 1.807) is 17.9 Å². The molecule has 1 fully saturated rings. The molecule has 0 saturated carbocycles. The van der Waals surface area contributed by atoms with E-state index in [-0.39, 0.29) is 24.4 Å². The monoisotopic (exact) mass is 374 g/mol. The van der Waals surface area contributed by atoms with Crippen LogP contribution in [0.15, 0.2) is 48.5 Å². The van der Waals surface area contributed by atoms with E-state index in [0.29, 0.717) is 0 Å². The number of ketones is 1. The third-order valence-corrected chi connectivity index (χ3v) is 4.50. The second-order valence-corrected chi connectivity index (χ2v) is 6.34. The standard InChI is InChI=1S/C20H17F3N2O2/c1-13-25(16-8-7-15(11-24)17(10-16)20(21,22)23)12-19(27-13)18(26)9-14-5-3-2-4-6-14/h2-8,10,13,19H,9,12H2,1H3/t13-,19+/m1/s1. The second kappa shape index (κ2) is 7.41. The minimum atomic E-state index is -4.63. The average Bonchev–Trinajstić information content (AvgIpc) is 3.03. The summed E-state index contributed by atoms with van der Waals surface area (Å²) in [5.74, 6) is -0.125. The number of halogens is 3. The Labute approximate surface area is 154 Å². The van der Waals surface area contributed by atoms with E-state index in [4.69, 9.17) is 10.00 Å². The molecule has 0 bridgehead atoms. The van der Waals surface area contributed by atoms with Crippen LogP contribution in [-0.2, 0) is 22.1 Å². The van der Waals surface area contributed by atoms with Crippen LogP contribution in [-0.4, -0.2) is 24.7 Å². The SMILES string of the molecule is C[C@H]1O[C@H](C(=O)Cc2ccccc2)CN1c1ccc(C#N)c(C(F)(F)F)c1. The maximum atomic E-state index is 13.2. The molecule has 140 valence electrons. The van der Waals surface area contributed by atoms with Crippen LogP contribution in [0, 0.1) is 11.3 Å². The molecule has 0 amide bonds. The fourth-order valence-corrected chi connectivity index (χ4v) is 3.13. The number of hydrogen-bond donors (Lipinski definition) is 0. The van der Waals surface area contributed by atoms with Crippen LogP contribution < -0.4 is 4.90 Å². The molecule has 4 nitrogen and oxygen atoms in total. The van der Waals surface area contributed by atoms with Crippen LogP contribution in [0.5, 0.6) is 0 Å². The van der Waals surface area contributed by atoms with Crippen molar-refractivity contribution in [1.29, 1.82) is 5.26 Å². The van der Waals surface area contributed by atoms with Gasteiger partial charge in [0.25, 0.3) is 0 Å². The molecule has 0 unspecified atom stereocenters. The first-order valence-electron chi connectivity index (χ1n) is 8.39. The first-order valence-corrected chi connectivity index (χ1v) is 8.39. The zero-order valence-corrected chi connectivity index (χ0v) is 14.5. The third kappa shape index (κ3) is 4.12. The van der Waals surface area contributed by atoms with Gasteiger partial charge in [0.1, 0.15) is 12.3 Å². The maximum Gasteiger partial charge on any atom is 0.417 e. The van der Waals surface area contributed by atoms with Gasteiger partial charge in [-0.15, -0.1) is 0 Å². The number of carbonyl (C=O) groups excluding carboxylic acids is 1. The number of nitriles is 1. The van der Waals surface area contributed by atoms with Crippen molar-refractivity contribution in [2.75, 3.05) is 11.4 Å². The molecule has 0 spiro atoms. The van der Waals surface area contributed by atoms with Crippen LogP contribution in [0.1, 0.15) is 23.6 Å². The Kier molecular flexibility index (Phi) is 5.19. The predicted octanol–water partition coefficient (Wildman–Crippen LogP) is 3.94. The van der Waals surface area contributed by atoms with Gasteiger partial charge in [0.15, 0.2) is 5.78 Å². The summed E-state index contributed by atoms with van der Waals surface area (Å²) in [6, 6.07) is 14.3. The number of alkyl halides is 3. The van der Waals surface area contributed by atoms with Gasteiger partial charge >= 0.3 is 6.18 Å². The lowest BCUT2D eigenvalue weighted by atomic mass is 10.0. The lowest BCUT2D eigenvalue weighted by Gasteiger charge is -2.23. The predicted molar refractivity (Wildman–Crippen MR) is 93.0 cm³/mol. The molecule has 2 aromatic rings. The fourth-order valence-electron chi connectivity index (χ4n) is 3.13. The average molecular weight is 374 g/mol. The van der Waals surface area contributed by atoms with Crippen molar-refractivity contribution in [2.45, 2.75) is 31.9 Å². The van der Waals surface area contributed by atoms with Crippen LogP contribution in [0.3, 0.4) is 0 Å². The van der Waals surface area contributed by atoms with Crippen LogP contribution in [0.25, 0.3) is 0 Å². The zero-order chi connectivity index (χ0) is 19.6. The number of rotatable bonds is 4.